The van der Waals surface area contributed by atoms with Crippen LogP contribution >= 0.6 is 12.6 Å². The molecule has 40 heavy (non-hydrogen) atoms. The first-order valence-corrected chi connectivity index (χ1v) is 14.4. The highest BCUT2D eigenvalue weighted by atomic mass is 32.1. The second-order valence-electron chi connectivity index (χ2n) is 10.5. The summed E-state index contributed by atoms with van der Waals surface area (Å²) in [6, 6.07) is 20.7. The predicted octanol–water partition coefficient (Wildman–Crippen LogP) is 6.33. The minimum Gasteiger partial charge on any atom is -0.326 e. The van der Waals surface area contributed by atoms with E-state index in [9.17, 15) is 4.79 Å². The lowest BCUT2D eigenvalue weighted by molar-refractivity contribution is -0.120. The lowest BCUT2D eigenvalue weighted by Crippen LogP contribution is -2.28. The third kappa shape index (κ3) is 5.65. The fourth-order valence-electron chi connectivity index (χ4n) is 5.12. The average molecular weight is 554 g/mol. The number of fused-ring (bicyclic) bond motifs is 1. The van der Waals surface area contributed by atoms with Gasteiger partial charge in [0.05, 0.1) is 11.0 Å². The summed E-state index contributed by atoms with van der Waals surface area (Å²) in [6.07, 6.45) is 1.87. The zero-order valence-electron chi connectivity index (χ0n) is 23.3. The summed E-state index contributed by atoms with van der Waals surface area (Å²) in [4.78, 5) is 18.0. The lowest BCUT2D eigenvalue weighted by atomic mass is 9.97. The second-order valence-corrected chi connectivity index (χ2v) is 10.9. The van der Waals surface area contributed by atoms with Gasteiger partial charge in [-0.3, -0.25) is 4.79 Å². The van der Waals surface area contributed by atoms with Gasteiger partial charge in [-0.2, -0.15) is 12.6 Å². The molecule has 0 spiro atoms. The van der Waals surface area contributed by atoms with E-state index in [4.69, 9.17) is 4.98 Å². The fraction of sp³-hybridized carbons (Fsp3) is 0.323. The maximum absolute atomic E-state index is 13.0. The van der Waals surface area contributed by atoms with Crippen molar-refractivity contribution in [2.75, 3.05) is 11.1 Å². The van der Waals surface area contributed by atoms with Crippen LogP contribution in [0.15, 0.2) is 60.7 Å². The number of benzene rings is 3. The number of rotatable bonds is 10. The van der Waals surface area contributed by atoms with E-state index in [1.165, 1.54) is 5.56 Å². The zero-order chi connectivity index (χ0) is 28.2. The summed E-state index contributed by atoms with van der Waals surface area (Å²) in [5.74, 6) is 2.27. The van der Waals surface area contributed by atoms with Crippen LogP contribution in [0.25, 0.3) is 33.5 Å². The van der Waals surface area contributed by atoms with Crippen molar-refractivity contribution >= 4 is 35.3 Å². The zero-order valence-corrected chi connectivity index (χ0v) is 24.2. The third-order valence-corrected chi connectivity index (χ3v) is 7.73. The number of hydrogen-bond acceptors (Lipinski definition) is 6. The molecule has 3 aromatic carbocycles. The van der Waals surface area contributed by atoms with E-state index in [2.05, 4.69) is 107 Å². The van der Waals surface area contributed by atoms with Crippen molar-refractivity contribution in [2.24, 2.45) is 11.8 Å². The van der Waals surface area contributed by atoms with Gasteiger partial charge in [0.15, 0.2) is 5.82 Å². The molecule has 0 aliphatic carbocycles. The number of aromatic nitrogens is 6. The van der Waals surface area contributed by atoms with Crippen LogP contribution in [-0.2, 0) is 17.8 Å². The van der Waals surface area contributed by atoms with Crippen LogP contribution in [0.5, 0.6) is 0 Å². The molecule has 0 saturated carbocycles. The van der Waals surface area contributed by atoms with Gasteiger partial charge in [-0.1, -0.05) is 69.3 Å². The Hall–Kier alpha value is -3.98. The van der Waals surface area contributed by atoms with Crippen molar-refractivity contribution in [2.45, 2.75) is 47.1 Å². The van der Waals surface area contributed by atoms with Crippen LogP contribution in [0, 0.1) is 18.8 Å². The number of amides is 1. The molecule has 0 aliphatic rings. The molecule has 2 N–H and O–H groups in total. The molecule has 5 aromatic rings. The van der Waals surface area contributed by atoms with Crippen LogP contribution < -0.4 is 5.32 Å². The van der Waals surface area contributed by atoms with Gasteiger partial charge in [-0.15, -0.1) is 5.10 Å². The third-order valence-electron chi connectivity index (χ3n) is 7.34. The van der Waals surface area contributed by atoms with E-state index in [1.54, 1.807) is 0 Å². The van der Waals surface area contributed by atoms with Crippen molar-refractivity contribution < 1.29 is 4.79 Å². The highest BCUT2D eigenvalue weighted by Crippen LogP contribution is 2.31. The molecule has 0 radical (unpaired) electrons. The summed E-state index contributed by atoms with van der Waals surface area (Å²) in [5, 5.41) is 17.6. The summed E-state index contributed by atoms with van der Waals surface area (Å²) < 4.78 is 2.28. The topological polar surface area (TPSA) is 101 Å². The van der Waals surface area contributed by atoms with E-state index >= 15 is 0 Å². The van der Waals surface area contributed by atoms with Gasteiger partial charge in [0.1, 0.15) is 5.82 Å². The normalized spacial score (nSPS) is 12.2. The van der Waals surface area contributed by atoms with Crippen LogP contribution in [0.2, 0.25) is 0 Å². The number of carbonyl (C=O) groups excluding carboxylic acids is 1. The van der Waals surface area contributed by atoms with Gasteiger partial charge in [-0.25, -0.2) is 10.1 Å². The molecule has 1 atom stereocenters. The van der Waals surface area contributed by atoms with Gasteiger partial charge >= 0.3 is 0 Å². The molecule has 0 saturated heterocycles. The summed E-state index contributed by atoms with van der Waals surface area (Å²) >= 11 is 4.40. The Balaban J connectivity index is 1.47. The maximum Gasteiger partial charge on any atom is 0.228 e. The fourth-order valence-corrected chi connectivity index (χ4v) is 5.71. The quantitative estimate of drug-likeness (QED) is 0.175. The number of nitrogens with one attached hydrogen (secondary N) is 2. The second kappa shape index (κ2) is 12.0. The van der Waals surface area contributed by atoms with E-state index in [-0.39, 0.29) is 17.7 Å². The Kier molecular flexibility index (Phi) is 8.30. The number of anilines is 1. The van der Waals surface area contributed by atoms with Gasteiger partial charge in [-0.05, 0) is 64.1 Å². The summed E-state index contributed by atoms with van der Waals surface area (Å²) in [7, 11) is 0. The first kappa shape index (κ1) is 27.6. The number of thiol groups is 1. The average Bonchev–Trinajstić information content (AvgIpc) is 3.59. The molecule has 0 bridgehead atoms. The molecular weight excluding hydrogens is 518 g/mol. The van der Waals surface area contributed by atoms with Crippen LogP contribution in [0.3, 0.4) is 0 Å². The number of aryl methyl sites for hydroxylation is 2. The highest BCUT2D eigenvalue weighted by molar-refractivity contribution is 7.80. The molecular formula is C31H35N7OS. The first-order valence-electron chi connectivity index (χ1n) is 13.7. The predicted molar refractivity (Wildman–Crippen MR) is 163 cm³/mol. The highest BCUT2D eigenvalue weighted by Gasteiger charge is 2.22. The van der Waals surface area contributed by atoms with Crippen LogP contribution in [-0.4, -0.2) is 41.8 Å². The van der Waals surface area contributed by atoms with E-state index < -0.39 is 0 Å². The Morgan fingerprint density at radius 1 is 1.07 bits per heavy atom. The number of nitrogens with zero attached hydrogens (tertiary/aromatic N) is 5. The van der Waals surface area contributed by atoms with Crippen molar-refractivity contribution in [3.05, 3.63) is 77.6 Å². The molecule has 2 aromatic heterocycles. The van der Waals surface area contributed by atoms with Gasteiger partial charge in [0, 0.05) is 35.9 Å². The number of tetrazole rings is 1. The summed E-state index contributed by atoms with van der Waals surface area (Å²) in [6.45, 7) is 9.01. The molecule has 8 nitrogen and oxygen atoms in total. The number of imidazole rings is 1. The van der Waals surface area contributed by atoms with Crippen molar-refractivity contribution in [1.82, 2.24) is 30.2 Å². The van der Waals surface area contributed by atoms with Gasteiger partial charge in [0.25, 0.3) is 0 Å². The molecule has 5 rings (SSSR count). The monoisotopic (exact) mass is 553 g/mol. The smallest absolute Gasteiger partial charge is 0.228 e. The van der Waals surface area contributed by atoms with E-state index in [0.29, 0.717) is 18.1 Å². The molecule has 9 heteroatoms. The minimum atomic E-state index is -0.149. The van der Waals surface area contributed by atoms with Crippen molar-refractivity contribution in [3.63, 3.8) is 0 Å². The van der Waals surface area contributed by atoms with Crippen LogP contribution in [0.4, 0.5) is 5.69 Å². The van der Waals surface area contributed by atoms with E-state index in [0.717, 1.165) is 57.6 Å². The first-order chi connectivity index (χ1) is 19.4. The van der Waals surface area contributed by atoms with Crippen LogP contribution in [0.1, 0.15) is 44.1 Å². The number of aromatic amines is 1. The maximum atomic E-state index is 13.0. The molecule has 1 amide bonds. The number of hydrogen-bond donors (Lipinski definition) is 3. The molecule has 0 fully saturated rings. The Bertz CT molecular complexity index is 1610. The lowest BCUT2D eigenvalue weighted by Gasteiger charge is -2.18. The Labute approximate surface area is 240 Å². The minimum absolute atomic E-state index is 0.000535. The standard InChI is InChI=1S/C31H35N7OS/c1-5-8-28-33-29-20(4)15-23(32-31(39)26(18-40)19(2)3)16-27(29)38(28)17-21-11-13-22(14-12-21)24-9-6-7-10-25(24)30-34-36-37-35-30/h6-7,9-16,19,26,40H,5,8,17-18H2,1-4H3,(H,32,39)(H,34,35,36,37)/t26-/m0/s1. The molecule has 2 heterocycles. The number of H-pyrrole nitrogens is 1. The van der Waals surface area contributed by atoms with Crippen molar-refractivity contribution in [1.29, 1.82) is 0 Å². The Morgan fingerprint density at radius 3 is 2.48 bits per heavy atom. The van der Waals surface area contributed by atoms with Crippen molar-refractivity contribution in [3.8, 4) is 22.5 Å². The van der Waals surface area contributed by atoms with E-state index in [1.807, 2.05) is 24.3 Å². The van der Waals surface area contributed by atoms with Gasteiger partial charge < -0.3 is 9.88 Å². The molecule has 0 aliphatic heterocycles. The molecule has 0 unspecified atom stereocenters. The Morgan fingerprint density at radius 2 is 1.82 bits per heavy atom. The SMILES string of the molecule is CCCc1nc2c(C)cc(NC(=O)[C@@H](CS)C(C)C)cc2n1Cc1ccc(-c2ccccc2-c2nnn[nH]2)cc1. The summed E-state index contributed by atoms with van der Waals surface area (Å²) in [5.41, 5.74) is 8.11. The molecule has 206 valence electrons. The van der Waals surface area contributed by atoms with Gasteiger partial charge in [0.2, 0.25) is 5.91 Å². The number of carbonyl (C=O) groups is 1. The largest absolute Gasteiger partial charge is 0.326 e.